The number of nitrogens with two attached hydrogens (primary N) is 1. The minimum atomic E-state index is -0.861. The molecule has 0 aliphatic rings. The van der Waals surface area contributed by atoms with Gasteiger partial charge in [0.2, 0.25) is 5.91 Å². The molecular weight excluding hydrogens is 289 g/mol. The van der Waals surface area contributed by atoms with Crippen LogP contribution in [0.25, 0.3) is 0 Å². The lowest BCUT2D eigenvalue weighted by molar-refractivity contribution is -0.124. The Morgan fingerprint density at radius 1 is 1.37 bits per heavy atom. The number of nitrogens with one attached hydrogen (secondary N) is 1. The number of carbonyl (C=O) groups excluding carboxylic acids is 2. The molecule has 1 atom stereocenters. The van der Waals surface area contributed by atoms with Crippen molar-refractivity contribution in [1.29, 1.82) is 0 Å². The van der Waals surface area contributed by atoms with Crippen molar-refractivity contribution in [3.63, 3.8) is 0 Å². The Morgan fingerprint density at radius 3 is 2.53 bits per heavy atom. The Bertz CT molecular complexity index is 494. The Labute approximate surface area is 121 Å². The monoisotopic (exact) mass is 303 g/mol. The smallest absolute Gasteiger partial charge is 0.318 e. The molecule has 1 aromatic rings. The third-order valence-corrected chi connectivity index (χ3v) is 3.44. The molecular formula is C12H15Cl2N3O2. The van der Waals surface area contributed by atoms with Crippen molar-refractivity contribution < 1.29 is 9.59 Å². The number of rotatable bonds is 4. The highest BCUT2D eigenvalue weighted by atomic mass is 35.5. The van der Waals surface area contributed by atoms with E-state index in [4.69, 9.17) is 28.9 Å². The molecule has 1 rings (SSSR count). The lowest BCUT2D eigenvalue weighted by Crippen LogP contribution is -2.46. The second-order valence-electron chi connectivity index (χ2n) is 4.19. The van der Waals surface area contributed by atoms with Crippen LogP contribution in [0.5, 0.6) is 0 Å². The van der Waals surface area contributed by atoms with Gasteiger partial charge in [-0.3, -0.25) is 15.0 Å². The van der Waals surface area contributed by atoms with Crippen LogP contribution < -0.4 is 11.1 Å². The molecule has 0 aliphatic carbocycles. The third kappa shape index (κ3) is 4.70. The number of amides is 3. The first-order valence-electron chi connectivity index (χ1n) is 5.55. The van der Waals surface area contributed by atoms with Gasteiger partial charge in [-0.15, -0.1) is 0 Å². The number of hydrogen-bond donors (Lipinski definition) is 2. The molecule has 0 bridgehead atoms. The number of benzene rings is 1. The van der Waals surface area contributed by atoms with E-state index in [1.54, 1.807) is 31.0 Å². The summed E-state index contributed by atoms with van der Waals surface area (Å²) in [6.45, 7) is 2.17. The summed E-state index contributed by atoms with van der Waals surface area (Å²) in [5.74, 6) is -0.449. The number of carbonyl (C=O) groups is 2. The topological polar surface area (TPSA) is 75.4 Å². The molecule has 7 heteroatoms. The number of urea groups is 1. The minimum Gasteiger partial charge on any atom is -0.351 e. The van der Waals surface area contributed by atoms with Crippen molar-refractivity contribution in [3.8, 4) is 0 Å². The van der Waals surface area contributed by atoms with Crippen LogP contribution in [0.1, 0.15) is 12.5 Å². The Morgan fingerprint density at radius 2 is 2.00 bits per heavy atom. The average Bonchev–Trinajstić information content (AvgIpc) is 2.32. The molecule has 5 nitrogen and oxygen atoms in total. The Kier molecular flexibility index (Phi) is 5.60. The molecule has 1 aromatic carbocycles. The highest BCUT2D eigenvalue weighted by Gasteiger charge is 2.19. The maximum atomic E-state index is 11.6. The second-order valence-corrected chi connectivity index (χ2v) is 5.01. The summed E-state index contributed by atoms with van der Waals surface area (Å²) in [4.78, 5) is 24.0. The van der Waals surface area contributed by atoms with Gasteiger partial charge in [0.15, 0.2) is 0 Å². The molecule has 3 N–H and O–H groups in total. The first-order chi connectivity index (χ1) is 8.81. The second kappa shape index (κ2) is 6.75. The SMILES string of the molecule is C[C@@H](C(=O)NC(N)=O)N(C)Cc1ccc(Cl)c(Cl)c1. The summed E-state index contributed by atoms with van der Waals surface area (Å²) >= 11 is 11.7. The van der Waals surface area contributed by atoms with Crippen LogP contribution in [0.2, 0.25) is 10.0 Å². The zero-order valence-electron chi connectivity index (χ0n) is 10.6. The lowest BCUT2D eigenvalue weighted by atomic mass is 10.2. The zero-order valence-corrected chi connectivity index (χ0v) is 12.1. The normalized spacial score (nSPS) is 12.3. The summed E-state index contributed by atoms with van der Waals surface area (Å²) in [5.41, 5.74) is 5.81. The van der Waals surface area contributed by atoms with E-state index in [0.29, 0.717) is 16.6 Å². The summed E-state index contributed by atoms with van der Waals surface area (Å²) < 4.78 is 0. The van der Waals surface area contributed by atoms with Gasteiger partial charge in [-0.1, -0.05) is 29.3 Å². The summed E-state index contributed by atoms with van der Waals surface area (Å²) in [6, 6.07) is 3.89. The van der Waals surface area contributed by atoms with Crippen molar-refractivity contribution in [1.82, 2.24) is 10.2 Å². The van der Waals surface area contributed by atoms with Crippen molar-refractivity contribution >= 4 is 35.1 Å². The van der Waals surface area contributed by atoms with Crippen molar-refractivity contribution in [2.24, 2.45) is 5.73 Å². The number of likely N-dealkylation sites (N-methyl/N-ethyl adjacent to an activating group) is 1. The lowest BCUT2D eigenvalue weighted by Gasteiger charge is -2.23. The molecule has 0 unspecified atom stereocenters. The zero-order chi connectivity index (χ0) is 14.6. The molecule has 0 saturated carbocycles. The minimum absolute atomic E-state index is 0.449. The van der Waals surface area contributed by atoms with Crippen molar-refractivity contribution in [3.05, 3.63) is 33.8 Å². The number of halogens is 2. The standard InChI is InChI=1S/C12H15Cl2N3O2/c1-7(11(18)16-12(15)19)17(2)6-8-3-4-9(13)10(14)5-8/h3-5,7H,6H2,1-2H3,(H3,15,16,18,19)/t7-/m0/s1. The van der Waals surface area contributed by atoms with Crippen LogP contribution in [0.15, 0.2) is 18.2 Å². The maximum absolute atomic E-state index is 11.6. The molecule has 0 spiro atoms. The number of primary amides is 1. The summed E-state index contributed by atoms with van der Waals surface area (Å²) in [6.07, 6.45) is 0. The van der Waals surface area contributed by atoms with E-state index in [0.717, 1.165) is 5.56 Å². The van der Waals surface area contributed by atoms with Crippen LogP contribution in [0.4, 0.5) is 4.79 Å². The van der Waals surface area contributed by atoms with E-state index in [9.17, 15) is 9.59 Å². The van der Waals surface area contributed by atoms with Gasteiger partial charge in [0.05, 0.1) is 16.1 Å². The predicted octanol–water partition coefficient (Wildman–Crippen LogP) is 2.01. The van der Waals surface area contributed by atoms with Gasteiger partial charge in [0, 0.05) is 6.54 Å². The van der Waals surface area contributed by atoms with E-state index < -0.39 is 18.0 Å². The van der Waals surface area contributed by atoms with Crippen LogP contribution in [-0.2, 0) is 11.3 Å². The molecule has 19 heavy (non-hydrogen) atoms. The van der Waals surface area contributed by atoms with Crippen LogP contribution in [-0.4, -0.2) is 29.9 Å². The summed E-state index contributed by atoms with van der Waals surface area (Å²) in [5, 5.41) is 2.98. The molecule has 0 saturated heterocycles. The average molecular weight is 304 g/mol. The first kappa shape index (κ1) is 15.8. The van der Waals surface area contributed by atoms with Gasteiger partial charge in [-0.25, -0.2) is 4.79 Å². The van der Waals surface area contributed by atoms with Gasteiger partial charge >= 0.3 is 6.03 Å². The van der Waals surface area contributed by atoms with E-state index in [1.807, 2.05) is 11.4 Å². The maximum Gasteiger partial charge on any atom is 0.318 e. The predicted molar refractivity (Wildman–Crippen MR) is 75.1 cm³/mol. The molecule has 3 amide bonds. The van der Waals surface area contributed by atoms with Crippen molar-refractivity contribution in [2.45, 2.75) is 19.5 Å². The van der Waals surface area contributed by atoms with Gasteiger partial charge in [0.25, 0.3) is 0 Å². The Hall–Kier alpha value is -1.30. The highest BCUT2D eigenvalue weighted by Crippen LogP contribution is 2.23. The number of imide groups is 1. The first-order valence-corrected chi connectivity index (χ1v) is 6.31. The van der Waals surface area contributed by atoms with Crippen LogP contribution in [0, 0.1) is 0 Å². The number of hydrogen-bond acceptors (Lipinski definition) is 3. The molecule has 104 valence electrons. The fourth-order valence-electron chi connectivity index (χ4n) is 1.49. The highest BCUT2D eigenvalue weighted by molar-refractivity contribution is 6.42. The van der Waals surface area contributed by atoms with Crippen LogP contribution in [0.3, 0.4) is 0 Å². The molecule has 0 fully saturated rings. The van der Waals surface area contributed by atoms with E-state index >= 15 is 0 Å². The third-order valence-electron chi connectivity index (χ3n) is 2.70. The fraction of sp³-hybridized carbons (Fsp3) is 0.333. The van der Waals surface area contributed by atoms with Gasteiger partial charge in [-0.2, -0.15) is 0 Å². The number of nitrogens with zero attached hydrogens (tertiary/aromatic N) is 1. The molecule has 0 heterocycles. The Balaban J connectivity index is 2.67. The molecule has 0 radical (unpaired) electrons. The largest absolute Gasteiger partial charge is 0.351 e. The van der Waals surface area contributed by atoms with Gasteiger partial charge in [-0.05, 0) is 31.7 Å². The van der Waals surface area contributed by atoms with Crippen LogP contribution >= 0.6 is 23.2 Å². The van der Waals surface area contributed by atoms with E-state index in [1.165, 1.54) is 0 Å². The molecule has 0 aromatic heterocycles. The molecule has 0 aliphatic heterocycles. The van der Waals surface area contributed by atoms with Gasteiger partial charge < -0.3 is 5.73 Å². The van der Waals surface area contributed by atoms with Crippen molar-refractivity contribution in [2.75, 3.05) is 7.05 Å². The quantitative estimate of drug-likeness (QED) is 0.893. The fourth-order valence-corrected chi connectivity index (χ4v) is 1.81. The van der Waals surface area contributed by atoms with Gasteiger partial charge in [0.1, 0.15) is 0 Å². The van der Waals surface area contributed by atoms with E-state index in [-0.39, 0.29) is 0 Å². The van der Waals surface area contributed by atoms with E-state index in [2.05, 4.69) is 0 Å². The summed E-state index contributed by atoms with van der Waals surface area (Å²) in [7, 11) is 1.76.